The molecule has 2 aromatic carbocycles. The molecule has 4 rings (SSSR count). The Morgan fingerprint density at radius 2 is 1.81 bits per heavy atom. The lowest BCUT2D eigenvalue weighted by Gasteiger charge is -2.25. The molecule has 31 heavy (non-hydrogen) atoms. The number of benzene rings is 2. The highest BCUT2D eigenvalue weighted by atomic mass is 16.5. The van der Waals surface area contributed by atoms with Gasteiger partial charge in [-0.3, -0.25) is 14.4 Å². The van der Waals surface area contributed by atoms with Crippen molar-refractivity contribution in [2.24, 2.45) is 5.92 Å². The number of hydrogen-bond acceptors (Lipinski definition) is 4. The number of fused-ring (bicyclic) bond motifs is 1. The van der Waals surface area contributed by atoms with Crippen LogP contribution in [0.4, 0.5) is 5.69 Å². The molecule has 1 heterocycles. The molecule has 0 radical (unpaired) electrons. The summed E-state index contributed by atoms with van der Waals surface area (Å²) in [7, 11) is 0. The van der Waals surface area contributed by atoms with E-state index in [9.17, 15) is 14.4 Å². The van der Waals surface area contributed by atoms with Gasteiger partial charge in [0.1, 0.15) is 0 Å². The minimum Gasteiger partial charge on any atom is -0.452 e. The minimum atomic E-state index is -0.934. The Labute approximate surface area is 182 Å². The number of hydrogen-bond donors (Lipinski definition) is 1. The van der Waals surface area contributed by atoms with Crippen LogP contribution in [0.15, 0.2) is 48.5 Å². The van der Waals surface area contributed by atoms with Gasteiger partial charge in [-0.2, -0.15) is 0 Å². The molecule has 1 fully saturated rings. The number of amides is 2. The second kappa shape index (κ2) is 8.92. The normalized spacial score (nSPS) is 19.6. The van der Waals surface area contributed by atoms with Crippen LogP contribution in [0.1, 0.15) is 49.4 Å². The van der Waals surface area contributed by atoms with Crippen LogP contribution >= 0.6 is 0 Å². The molecule has 2 aromatic rings. The molecule has 2 aliphatic rings. The van der Waals surface area contributed by atoms with Gasteiger partial charge in [0.25, 0.3) is 5.91 Å². The SMILES string of the molecule is C[C@H](OC(=O)[C@@H]1CC(=O)N([C@H](C)c2ccccc2)C1)C(=O)Nc1ccc2c(c1)CCC2. The third-order valence-electron chi connectivity index (χ3n) is 6.27. The Morgan fingerprint density at radius 3 is 2.58 bits per heavy atom. The summed E-state index contributed by atoms with van der Waals surface area (Å²) in [6.07, 6.45) is 2.42. The van der Waals surface area contributed by atoms with Gasteiger partial charge >= 0.3 is 5.97 Å². The molecule has 0 bridgehead atoms. The minimum absolute atomic E-state index is 0.0754. The maximum absolute atomic E-state index is 12.6. The van der Waals surface area contributed by atoms with Gasteiger partial charge in [0.05, 0.1) is 12.0 Å². The second-order valence-corrected chi connectivity index (χ2v) is 8.44. The molecule has 1 N–H and O–H groups in total. The zero-order valence-electron chi connectivity index (χ0n) is 18.0. The lowest BCUT2D eigenvalue weighted by atomic mass is 10.1. The summed E-state index contributed by atoms with van der Waals surface area (Å²) in [4.78, 5) is 39.4. The molecule has 1 aliphatic carbocycles. The zero-order valence-corrected chi connectivity index (χ0v) is 18.0. The monoisotopic (exact) mass is 420 g/mol. The molecule has 1 aliphatic heterocycles. The number of ether oxygens (including phenoxy) is 1. The van der Waals surface area contributed by atoms with Crippen molar-refractivity contribution in [2.45, 2.75) is 51.7 Å². The number of carbonyl (C=O) groups excluding carboxylic acids is 3. The number of nitrogens with one attached hydrogen (secondary N) is 1. The van der Waals surface area contributed by atoms with Crippen molar-refractivity contribution in [3.8, 4) is 0 Å². The van der Waals surface area contributed by atoms with E-state index in [-0.39, 0.29) is 24.3 Å². The summed E-state index contributed by atoms with van der Waals surface area (Å²) in [5.74, 6) is -1.51. The Morgan fingerprint density at radius 1 is 1.06 bits per heavy atom. The van der Waals surface area contributed by atoms with Crippen LogP contribution in [0.3, 0.4) is 0 Å². The molecule has 0 spiro atoms. The first-order valence-corrected chi connectivity index (χ1v) is 10.9. The Bertz CT molecular complexity index is 988. The summed E-state index contributed by atoms with van der Waals surface area (Å²) in [5.41, 5.74) is 4.33. The van der Waals surface area contributed by atoms with Crippen molar-refractivity contribution in [3.05, 3.63) is 65.2 Å². The fraction of sp³-hybridized carbons (Fsp3) is 0.400. The van der Waals surface area contributed by atoms with E-state index in [0.717, 1.165) is 24.8 Å². The first-order valence-electron chi connectivity index (χ1n) is 10.9. The number of anilines is 1. The Balaban J connectivity index is 1.32. The maximum atomic E-state index is 12.6. The quantitative estimate of drug-likeness (QED) is 0.724. The number of rotatable bonds is 6. The fourth-order valence-corrected chi connectivity index (χ4v) is 4.39. The molecule has 0 aromatic heterocycles. The Kier molecular flexibility index (Phi) is 6.07. The van der Waals surface area contributed by atoms with Crippen LogP contribution in [0.2, 0.25) is 0 Å². The van der Waals surface area contributed by atoms with Crippen molar-refractivity contribution < 1.29 is 19.1 Å². The lowest BCUT2D eigenvalue weighted by Crippen LogP contribution is -2.33. The van der Waals surface area contributed by atoms with E-state index in [1.54, 1.807) is 11.8 Å². The largest absolute Gasteiger partial charge is 0.452 e. The van der Waals surface area contributed by atoms with Crippen molar-refractivity contribution >= 4 is 23.5 Å². The molecular weight excluding hydrogens is 392 g/mol. The van der Waals surface area contributed by atoms with Gasteiger partial charge in [0, 0.05) is 18.7 Å². The van der Waals surface area contributed by atoms with Gasteiger partial charge in [0.2, 0.25) is 5.91 Å². The van der Waals surface area contributed by atoms with Gasteiger partial charge in [-0.25, -0.2) is 0 Å². The molecule has 1 saturated heterocycles. The van der Waals surface area contributed by atoms with E-state index >= 15 is 0 Å². The molecule has 0 unspecified atom stereocenters. The van der Waals surface area contributed by atoms with E-state index in [1.807, 2.05) is 55.5 Å². The average Bonchev–Trinajstić information content (AvgIpc) is 3.39. The standard InChI is InChI=1S/C25H28N2O4/c1-16(18-7-4-3-5-8-18)27-15-21(14-23(27)28)25(30)31-17(2)24(29)26-22-12-11-19-9-6-10-20(19)13-22/h3-5,7-8,11-13,16-17,21H,6,9-10,14-15H2,1-2H3,(H,26,29)/t16-,17+,21-/m1/s1. The van der Waals surface area contributed by atoms with Crippen LogP contribution in [0.5, 0.6) is 0 Å². The van der Waals surface area contributed by atoms with E-state index in [2.05, 4.69) is 5.32 Å². The number of esters is 1. The van der Waals surface area contributed by atoms with Crippen molar-refractivity contribution in [1.82, 2.24) is 4.90 Å². The predicted octanol–water partition coefficient (Wildman–Crippen LogP) is 3.66. The Hall–Kier alpha value is -3.15. The maximum Gasteiger partial charge on any atom is 0.312 e. The third-order valence-corrected chi connectivity index (χ3v) is 6.27. The van der Waals surface area contributed by atoms with Crippen molar-refractivity contribution in [3.63, 3.8) is 0 Å². The highest BCUT2D eigenvalue weighted by Crippen LogP contribution is 2.29. The summed E-state index contributed by atoms with van der Waals surface area (Å²) in [5, 5.41) is 2.83. The molecule has 6 nitrogen and oxygen atoms in total. The zero-order chi connectivity index (χ0) is 22.0. The van der Waals surface area contributed by atoms with Gasteiger partial charge < -0.3 is 15.0 Å². The highest BCUT2D eigenvalue weighted by molar-refractivity contribution is 5.96. The molecule has 3 atom stereocenters. The smallest absolute Gasteiger partial charge is 0.312 e. The lowest BCUT2D eigenvalue weighted by molar-refractivity contribution is -0.157. The van der Waals surface area contributed by atoms with Gasteiger partial charge in [0.15, 0.2) is 6.10 Å². The number of aryl methyl sites for hydroxylation is 2. The van der Waals surface area contributed by atoms with Crippen molar-refractivity contribution in [1.29, 1.82) is 0 Å². The summed E-state index contributed by atoms with van der Waals surface area (Å²) in [6.45, 7) is 3.81. The molecular formula is C25H28N2O4. The average molecular weight is 421 g/mol. The van der Waals surface area contributed by atoms with E-state index in [1.165, 1.54) is 11.1 Å². The highest BCUT2D eigenvalue weighted by Gasteiger charge is 2.38. The van der Waals surface area contributed by atoms with Gasteiger partial charge in [-0.15, -0.1) is 0 Å². The van der Waals surface area contributed by atoms with E-state index < -0.39 is 18.0 Å². The second-order valence-electron chi connectivity index (χ2n) is 8.44. The third kappa shape index (κ3) is 4.63. The topological polar surface area (TPSA) is 75.7 Å². The van der Waals surface area contributed by atoms with Crippen LogP contribution in [0, 0.1) is 5.92 Å². The van der Waals surface area contributed by atoms with Crippen LogP contribution in [-0.4, -0.2) is 35.3 Å². The van der Waals surface area contributed by atoms with E-state index in [4.69, 9.17) is 4.74 Å². The van der Waals surface area contributed by atoms with Crippen LogP contribution in [-0.2, 0) is 32.0 Å². The van der Waals surface area contributed by atoms with Crippen LogP contribution in [0.25, 0.3) is 0 Å². The van der Waals surface area contributed by atoms with Gasteiger partial charge in [-0.05, 0) is 61.9 Å². The van der Waals surface area contributed by atoms with Crippen molar-refractivity contribution in [2.75, 3.05) is 11.9 Å². The summed E-state index contributed by atoms with van der Waals surface area (Å²) < 4.78 is 5.41. The first kappa shape index (κ1) is 21.1. The summed E-state index contributed by atoms with van der Waals surface area (Å²) in [6, 6.07) is 15.5. The molecule has 162 valence electrons. The van der Waals surface area contributed by atoms with E-state index in [0.29, 0.717) is 12.2 Å². The van der Waals surface area contributed by atoms with Gasteiger partial charge in [-0.1, -0.05) is 36.4 Å². The fourth-order valence-electron chi connectivity index (χ4n) is 4.39. The number of likely N-dealkylation sites (tertiary alicyclic amines) is 1. The number of carbonyl (C=O) groups is 3. The molecule has 0 saturated carbocycles. The first-order chi connectivity index (χ1) is 14.9. The number of nitrogens with zero attached hydrogens (tertiary/aromatic N) is 1. The molecule has 6 heteroatoms. The molecule has 2 amide bonds. The predicted molar refractivity (Wildman–Crippen MR) is 117 cm³/mol. The van der Waals surface area contributed by atoms with Crippen LogP contribution < -0.4 is 5.32 Å². The summed E-state index contributed by atoms with van der Waals surface area (Å²) >= 11 is 0.